The standard InChI is InChI=1S/C11H17N3O2S/c1-7-4-8(12)5-14-10-6-17(15,16)3-2-9(10)13-11(7)14/h7-8H,2-6,12H2,1H3. The van der Waals surface area contributed by atoms with E-state index in [-0.39, 0.29) is 17.5 Å². The molecule has 6 heteroatoms. The number of fused-ring (bicyclic) bond motifs is 3. The van der Waals surface area contributed by atoms with Crippen LogP contribution in [0.5, 0.6) is 0 Å². The molecule has 0 saturated carbocycles. The Bertz CT molecular complexity index is 562. The van der Waals surface area contributed by atoms with Crippen molar-refractivity contribution in [2.75, 3.05) is 5.75 Å². The predicted molar refractivity (Wildman–Crippen MR) is 64.4 cm³/mol. The first-order valence-corrected chi connectivity index (χ1v) is 7.82. The van der Waals surface area contributed by atoms with Crippen LogP contribution in [0.1, 0.15) is 36.5 Å². The Morgan fingerprint density at radius 1 is 1.47 bits per heavy atom. The van der Waals surface area contributed by atoms with Gasteiger partial charge in [-0.1, -0.05) is 6.92 Å². The Morgan fingerprint density at radius 2 is 2.24 bits per heavy atom. The molecule has 2 unspecified atom stereocenters. The van der Waals surface area contributed by atoms with Crippen molar-refractivity contribution in [2.24, 2.45) is 5.73 Å². The lowest BCUT2D eigenvalue weighted by molar-refractivity contribution is 0.402. The highest BCUT2D eigenvalue weighted by Gasteiger charge is 2.32. The number of sulfone groups is 1. The van der Waals surface area contributed by atoms with Gasteiger partial charge in [0, 0.05) is 24.9 Å². The number of hydrogen-bond donors (Lipinski definition) is 1. The summed E-state index contributed by atoms with van der Waals surface area (Å²) in [6.07, 6.45) is 1.49. The molecule has 2 aliphatic rings. The van der Waals surface area contributed by atoms with Gasteiger partial charge in [-0.2, -0.15) is 0 Å². The lowest BCUT2D eigenvalue weighted by Crippen LogP contribution is -2.35. The van der Waals surface area contributed by atoms with Crippen molar-refractivity contribution in [2.45, 2.75) is 44.0 Å². The molecule has 2 aliphatic heterocycles. The Balaban J connectivity index is 2.12. The van der Waals surface area contributed by atoms with Crippen LogP contribution in [0.3, 0.4) is 0 Å². The molecular weight excluding hydrogens is 238 g/mol. The van der Waals surface area contributed by atoms with Crippen LogP contribution in [0.25, 0.3) is 0 Å². The lowest BCUT2D eigenvalue weighted by atomic mass is 9.98. The first kappa shape index (κ1) is 11.2. The maximum Gasteiger partial charge on any atom is 0.156 e. The quantitative estimate of drug-likeness (QED) is 0.718. The van der Waals surface area contributed by atoms with Crippen LogP contribution in [-0.4, -0.2) is 29.8 Å². The lowest BCUT2D eigenvalue weighted by Gasteiger charge is -2.27. The van der Waals surface area contributed by atoms with Gasteiger partial charge >= 0.3 is 0 Å². The molecule has 1 aromatic rings. The van der Waals surface area contributed by atoms with Gasteiger partial charge in [0.2, 0.25) is 0 Å². The van der Waals surface area contributed by atoms with E-state index >= 15 is 0 Å². The number of nitrogens with zero attached hydrogens (tertiary/aromatic N) is 2. The van der Waals surface area contributed by atoms with Crippen LogP contribution < -0.4 is 5.73 Å². The van der Waals surface area contributed by atoms with Crippen LogP contribution in [0.15, 0.2) is 0 Å². The summed E-state index contributed by atoms with van der Waals surface area (Å²) in [6, 6.07) is 0.112. The molecule has 3 rings (SSSR count). The molecule has 17 heavy (non-hydrogen) atoms. The van der Waals surface area contributed by atoms with Crippen molar-refractivity contribution in [1.82, 2.24) is 9.55 Å². The summed E-state index contributed by atoms with van der Waals surface area (Å²) >= 11 is 0. The largest absolute Gasteiger partial charge is 0.329 e. The van der Waals surface area contributed by atoms with Crippen LogP contribution in [0.2, 0.25) is 0 Å². The number of hydrogen-bond acceptors (Lipinski definition) is 4. The summed E-state index contributed by atoms with van der Waals surface area (Å²) in [7, 11) is -2.94. The van der Waals surface area contributed by atoms with Crippen molar-refractivity contribution in [3.63, 3.8) is 0 Å². The molecule has 0 aliphatic carbocycles. The molecule has 94 valence electrons. The average Bonchev–Trinajstić information content (AvgIpc) is 2.55. The molecule has 0 radical (unpaired) electrons. The predicted octanol–water partition coefficient (Wildman–Crippen LogP) is 0.189. The number of nitrogens with two attached hydrogens (primary N) is 1. The topological polar surface area (TPSA) is 78.0 Å². The van der Waals surface area contributed by atoms with Crippen LogP contribution in [0.4, 0.5) is 0 Å². The molecule has 0 fully saturated rings. The van der Waals surface area contributed by atoms with E-state index in [9.17, 15) is 8.42 Å². The second-order valence-corrected chi connectivity index (χ2v) is 7.40. The van der Waals surface area contributed by atoms with Gasteiger partial charge in [-0.15, -0.1) is 0 Å². The Hall–Kier alpha value is -0.880. The van der Waals surface area contributed by atoms with Crippen LogP contribution >= 0.6 is 0 Å². The highest BCUT2D eigenvalue weighted by Crippen LogP contribution is 2.31. The van der Waals surface area contributed by atoms with E-state index in [1.165, 1.54) is 0 Å². The second kappa shape index (κ2) is 3.55. The van der Waals surface area contributed by atoms with Gasteiger partial charge < -0.3 is 10.3 Å². The highest BCUT2D eigenvalue weighted by molar-refractivity contribution is 7.90. The maximum atomic E-state index is 11.7. The summed E-state index contributed by atoms with van der Waals surface area (Å²) < 4.78 is 25.4. The summed E-state index contributed by atoms with van der Waals surface area (Å²) in [5.74, 6) is 1.71. The fraction of sp³-hybridized carbons (Fsp3) is 0.727. The van der Waals surface area contributed by atoms with Gasteiger partial charge in [0.25, 0.3) is 0 Å². The summed E-state index contributed by atoms with van der Waals surface area (Å²) in [4.78, 5) is 4.62. The third kappa shape index (κ3) is 1.79. The smallest absolute Gasteiger partial charge is 0.156 e. The zero-order valence-electron chi connectivity index (χ0n) is 9.89. The van der Waals surface area contributed by atoms with E-state index < -0.39 is 9.84 Å². The first-order valence-electron chi connectivity index (χ1n) is 6.00. The zero-order valence-corrected chi connectivity index (χ0v) is 10.7. The van der Waals surface area contributed by atoms with Gasteiger partial charge in [-0.05, 0) is 6.42 Å². The normalized spacial score (nSPS) is 30.7. The minimum absolute atomic E-state index is 0.112. The molecular formula is C11H17N3O2S. The number of rotatable bonds is 0. The Labute approximate surface area is 101 Å². The summed E-state index contributed by atoms with van der Waals surface area (Å²) in [5.41, 5.74) is 7.85. The highest BCUT2D eigenvalue weighted by atomic mass is 32.2. The summed E-state index contributed by atoms with van der Waals surface area (Å²) in [6.45, 7) is 2.81. The molecule has 5 nitrogen and oxygen atoms in total. The van der Waals surface area contributed by atoms with E-state index in [0.717, 1.165) is 23.6 Å². The molecule has 0 bridgehead atoms. The zero-order chi connectivity index (χ0) is 12.2. The van der Waals surface area contributed by atoms with Crippen molar-refractivity contribution in [3.05, 3.63) is 17.2 Å². The maximum absolute atomic E-state index is 11.7. The number of imidazole rings is 1. The van der Waals surface area contributed by atoms with Crippen molar-refractivity contribution in [3.8, 4) is 0 Å². The van der Waals surface area contributed by atoms with E-state index in [1.54, 1.807) is 0 Å². The molecule has 3 heterocycles. The fourth-order valence-corrected chi connectivity index (χ4v) is 4.29. The minimum Gasteiger partial charge on any atom is -0.329 e. The molecule has 0 amide bonds. The summed E-state index contributed by atoms with van der Waals surface area (Å²) in [5, 5.41) is 0. The van der Waals surface area contributed by atoms with Crippen molar-refractivity contribution >= 4 is 9.84 Å². The monoisotopic (exact) mass is 255 g/mol. The van der Waals surface area contributed by atoms with Gasteiger partial charge in [-0.3, -0.25) is 0 Å². The van der Waals surface area contributed by atoms with Gasteiger partial charge in [0.15, 0.2) is 9.84 Å². The van der Waals surface area contributed by atoms with E-state index in [4.69, 9.17) is 5.73 Å². The minimum atomic E-state index is -2.94. The fourth-order valence-electron chi connectivity index (χ4n) is 2.90. The Kier molecular flexibility index (Phi) is 2.35. The second-order valence-electron chi connectivity index (χ2n) is 5.21. The molecule has 0 aromatic carbocycles. The van der Waals surface area contributed by atoms with Gasteiger partial charge in [0.1, 0.15) is 5.82 Å². The SMILES string of the molecule is CC1CC(N)Cn2c1nc1c2CS(=O)(=O)CC1. The third-order valence-electron chi connectivity index (χ3n) is 3.71. The van der Waals surface area contributed by atoms with E-state index in [2.05, 4.69) is 11.9 Å². The van der Waals surface area contributed by atoms with Crippen molar-refractivity contribution < 1.29 is 8.42 Å². The van der Waals surface area contributed by atoms with Crippen LogP contribution in [-0.2, 0) is 28.6 Å². The first-order chi connectivity index (χ1) is 7.96. The molecule has 0 spiro atoms. The van der Waals surface area contributed by atoms with Gasteiger partial charge in [-0.25, -0.2) is 13.4 Å². The van der Waals surface area contributed by atoms with Crippen molar-refractivity contribution in [1.29, 1.82) is 0 Å². The number of aromatic nitrogens is 2. The Morgan fingerprint density at radius 3 is 3.00 bits per heavy atom. The number of aryl methyl sites for hydroxylation is 1. The average molecular weight is 255 g/mol. The molecule has 1 aromatic heterocycles. The van der Waals surface area contributed by atoms with E-state index in [1.807, 2.05) is 4.57 Å². The van der Waals surface area contributed by atoms with Crippen LogP contribution in [0, 0.1) is 0 Å². The van der Waals surface area contributed by atoms with Gasteiger partial charge in [0.05, 0.1) is 22.9 Å². The van der Waals surface area contributed by atoms with E-state index in [0.29, 0.717) is 18.9 Å². The third-order valence-corrected chi connectivity index (χ3v) is 5.25. The molecule has 0 saturated heterocycles. The molecule has 2 atom stereocenters. The molecule has 2 N–H and O–H groups in total.